The molecule has 0 aliphatic carbocycles. The van der Waals surface area contributed by atoms with Crippen LogP contribution >= 0.6 is 11.8 Å². The molecule has 1 fully saturated rings. The Bertz CT molecular complexity index is 1830. The zero-order valence-corrected chi connectivity index (χ0v) is 27.2. The standard InChI is InChI=1S/C36H34F4N4O4S/c37-28-17-24(16-27(19-28)36(38,39)40)21-42-34(47)26-9-11-41-32(18-26)30-20-29(44-12-2-1-3-13-44)7-8-31(30)43-35(48)25-6-4-5-23(15-25)22-49-14-10-33(45)46/h4-9,11,15-20H,1-3,10,12-14,21-22H2,(H,42,47)(H,43,48)(H,45,46). The molecule has 49 heavy (non-hydrogen) atoms. The van der Waals surface area contributed by atoms with E-state index in [1.54, 1.807) is 24.3 Å². The van der Waals surface area contributed by atoms with E-state index in [1.807, 2.05) is 18.2 Å². The number of nitrogens with zero attached hydrogens (tertiary/aromatic N) is 2. The summed E-state index contributed by atoms with van der Waals surface area (Å²) in [6, 6.07) is 17.8. The van der Waals surface area contributed by atoms with E-state index in [-0.39, 0.29) is 30.0 Å². The molecule has 1 saturated heterocycles. The van der Waals surface area contributed by atoms with Gasteiger partial charge in [0.05, 0.1) is 23.4 Å². The lowest BCUT2D eigenvalue weighted by atomic mass is 10.0. The Morgan fingerprint density at radius 3 is 2.41 bits per heavy atom. The number of carboxylic acid groups (broad SMARTS) is 1. The number of hydrogen-bond acceptors (Lipinski definition) is 6. The number of carbonyl (C=O) groups excluding carboxylic acids is 2. The fraction of sp³-hybridized carbons (Fsp3) is 0.278. The number of carbonyl (C=O) groups is 3. The van der Waals surface area contributed by atoms with Gasteiger partial charge in [0.1, 0.15) is 5.82 Å². The summed E-state index contributed by atoms with van der Waals surface area (Å²) in [7, 11) is 0. The van der Waals surface area contributed by atoms with Gasteiger partial charge in [-0.1, -0.05) is 12.1 Å². The average molecular weight is 695 g/mol. The number of anilines is 2. The normalized spacial score (nSPS) is 13.2. The first-order chi connectivity index (χ1) is 23.5. The van der Waals surface area contributed by atoms with E-state index in [1.165, 1.54) is 30.1 Å². The molecule has 0 spiro atoms. The molecule has 8 nitrogen and oxygen atoms in total. The highest BCUT2D eigenvalue weighted by atomic mass is 32.2. The number of hydrogen-bond donors (Lipinski definition) is 3. The van der Waals surface area contributed by atoms with Crippen molar-refractivity contribution in [3.05, 3.63) is 113 Å². The molecule has 4 aromatic rings. The molecule has 256 valence electrons. The number of aliphatic carboxylic acids is 1. The summed E-state index contributed by atoms with van der Waals surface area (Å²) in [6.45, 7) is 1.41. The van der Waals surface area contributed by atoms with Crippen molar-refractivity contribution >= 4 is 40.9 Å². The number of alkyl halides is 3. The third-order valence-corrected chi connectivity index (χ3v) is 8.96. The number of piperidine rings is 1. The summed E-state index contributed by atoms with van der Waals surface area (Å²) in [5.74, 6) is -1.90. The molecule has 2 heterocycles. The predicted octanol–water partition coefficient (Wildman–Crippen LogP) is 7.79. The van der Waals surface area contributed by atoms with E-state index in [2.05, 4.69) is 20.5 Å². The number of amides is 2. The molecule has 2 amide bonds. The number of halogens is 4. The van der Waals surface area contributed by atoms with Gasteiger partial charge in [0, 0.05) is 59.7 Å². The summed E-state index contributed by atoms with van der Waals surface area (Å²) in [5, 5.41) is 14.4. The van der Waals surface area contributed by atoms with Crippen molar-refractivity contribution in [2.24, 2.45) is 0 Å². The number of aromatic nitrogens is 1. The maximum atomic E-state index is 13.9. The van der Waals surface area contributed by atoms with Gasteiger partial charge >= 0.3 is 12.1 Å². The van der Waals surface area contributed by atoms with Gasteiger partial charge in [-0.3, -0.25) is 19.4 Å². The Hall–Kier alpha value is -4.91. The molecule has 1 aliphatic heterocycles. The van der Waals surface area contributed by atoms with Crippen LogP contribution in [0.5, 0.6) is 0 Å². The van der Waals surface area contributed by atoms with E-state index in [0.717, 1.165) is 55.7 Å². The first kappa shape index (κ1) is 35.4. The summed E-state index contributed by atoms with van der Waals surface area (Å²) in [5.41, 5.74) is 2.59. The van der Waals surface area contributed by atoms with E-state index in [9.17, 15) is 31.9 Å². The number of pyridine rings is 1. The van der Waals surface area contributed by atoms with Crippen LogP contribution in [0, 0.1) is 5.82 Å². The van der Waals surface area contributed by atoms with Crippen LogP contribution < -0.4 is 15.5 Å². The minimum absolute atomic E-state index is 0.0443. The number of thioether (sulfide) groups is 1. The quantitative estimate of drug-likeness (QED) is 0.103. The molecule has 1 aliphatic rings. The topological polar surface area (TPSA) is 112 Å². The Morgan fingerprint density at radius 2 is 1.65 bits per heavy atom. The predicted molar refractivity (Wildman–Crippen MR) is 181 cm³/mol. The molecule has 0 atom stereocenters. The smallest absolute Gasteiger partial charge is 0.416 e. The third kappa shape index (κ3) is 9.82. The Labute approximate surface area is 284 Å². The van der Waals surface area contributed by atoms with Crippen molar-refractivity contribution in [1.82, 2.24) is 10.3 Å². The third-order valence-electron chi connectivity index (χ3n) is 7.93. The number of rotatable bonds is 12. The molecular formula is C36H34F4N4O4S. The van der Waals surface area contributed by atoms with Crippen LogP contribution in [-0.2, 0) is 23.3 Å². The second kappa shape index (κ2) is 16.0. The molecule has 3 N–H and O–H groups in total. The van der Waals surface area contributed by atoms with Gasteiger partial charge in [0.15, 0.2) is 0 Å². The van der Waals surface area contributed by atoms with Gasteiger partial charge in [-0.05, 0) is 91.1 Å². The highest BCUT2D eigenvalue weighted by Gasteiger charge is 2.31. The summed E-state index contributed by atoms with van der Waals surface area (Å²) < 4.78 is 53.4. The highest BCUT2D eigenvalue weighted by Crippen LogP contribution is 2.34. The summed E-state index contributed by atoms with van der Waals surface area (Å²) in [4.78, 5) is 44.1. The molecule has 0 unspecified atom stereocenters. The van der Waals surface area contributed by atoms with Gasteiger partial charge in [-0.2, -0.15) is 24.9 Å². The first-order valence-electron chi connectivity index (χ1n) is 15.7. The van der Waals surface area contributed by atoms with Crippen LogP contribution in [0.25, 0.3) is 11.3 Å². The fourth-order valence-corrected chi connectivity index (χ4v) is 6.35. The number of carboxylic acids is 1. The van der Waals surface area contributed by atoms with E-state index >= 15 is 0 Å². The van der Waals surface area contributed by atoms with Gasteiger partial charge in [0.25, 0.3) is 11.8 Å². The van der Waals surface area contributed by atoms with Crippen LogP contribution in [0.15, 0.2) is 79.0 Å². The maximum Gasteiger partial charge on any atom is 0.416 e. The minimum atomic E-state index is -4.73. The van der Waals surface area contributed by atoms with E-state index in [4.69, 9.17) is 5.11 Å². The van der Waals surface area contributed by atoms with Crippen molar-refractivity contribution in [1.29, 1.82) is 0 Å². The van der Waals surface area contributed by atoms with Gasteiger partial charge in [-0.25, -0.2) is 4.39 Å². The molecule has 3 aromatic carbocycles. The van der Waals surface area contributed by atoms with Crippen LogP contribution in [0.3, 0.4) is 0 Å². The summed E-state index contributed by atoms with van der Waals surface area (Å²) in [6.07, 6.45) is -0.0279. The van der Waals surface area contributed by atoms with Crippen molar-refractivity contribution in [3.63, 3.8) is 0 Å². The van der Waals surface area contributed by atoms with Gasteiger partial charge in [0.2, 0.25) is 0 Å². The van der Waals surface area contributed by atoms with Crippen LogP contribution in [0.1, 0.15) is 63.1 Å². The fourth-order valence-electron chi connectivity index (χ4n) is 5.47. The van der Waals surface area contributed by atoms with Crippen LogP contribution in [0.2, 0.25) is 0 Å². The van der Waals surface area contributed by atoms with Gasteiger partial charge in [-0.15, -0.1) is 0 Å². The monoisotopic (exact) mass is 694 g/mol. The highest BCUT2D eigenvalue weighted by molar-refractivity contribution is 7.98. The molecular weight excluding hydrogens is 660 g/mol. The molecule has 0 radical (unpaired) electrons. The average Bonchev–Trinajstić information content (AvgIpc) is 3.09. The van der Waals surface area contributed by atoms with Crippen LogP contribution in [0.4, 0.5) is 28.9 Å². The number of benzene rings is 3. The van der Waals surface area contributed by atoms with Crippen molar-refractivity contribution < 1.29 is 37.1 Å². The summed E-state index contributed by atoms with van der Waals surface area (Å²) >= 11 is 1.46. The molecule has 1 aromatic heterocycles. The van der Waals surface area contributed by atoms with Gasteiger partial charge < -0.3 is 20.6 Å². The Morgan fingerprint density at radius 1 is 0.878 bits per heavy atom. The zero-order chi connectivity index (χ0) is 35.0. The first-order valence-corrected chi connectivity index (χ1v) is 16.8. The van der Waals surface area contributed by atoms with Crippen LogP contribution in [-0.4, -0.2) is 46.7 Å². The van der Waals surface area contributed by atoms with E-state index in [0.29, 0.717) is 40.1 Å². The number of nitrogens with one attached hydrogen (secondary N) is 2. The lowest BCUT2D eigenvalue weighted by Crippen LogP contribution is -2.29. The molecule has 5 rings (SSSR count). The maximum absolute atomic E-state index is 13.9. The van der Waals surface area contributed by atoms with Crippen molar-refractivity contribution in [2.45, 2.75) is 44.2 Å². The van der Waals surface area contributed by atoms with Crippen molar-refractivity contribution in [2.75, 3.05) is 29.1 Å². The zero-order valence-electron chi connectivity index (χ0n) is 26.4. The lowest BCUT2D eigenvalue weighted by Gasteiger charge is -2.29. The van der Waals surface area contributed by atoms with Crippen molar-refractivity contribution in [3.8, 4) is 11.3 Å². The lowest BCUT2D eigenvalue weighted by molar-refractivity contribution is -0.138. The molecule has 0 saturated carbocycles. The second-order valence-electron chi connectivity index (χ2n) is 11.6. The van der Waals surface area contributed by atoms with E-state index < -0.39 is 29.4 Å². The largest absolute Gasteiger partial charge is 0.481 e. The Kier molecular flexibility index (Phi) is 11.6. The minimum Gasteiger partial charge on any atom is -0.481 e. The Balaban J connectivity index is 1.38. The molecule has 0 bridgehead atoms. The SMILES string of the molecule is O=C(O)CCSCc1cccc(C(=O)Nc2ccc(N3CCCCC3)cc2-c2cc(C(=O)NCc3cc(F)cc(C(F)(F)F)c3)ccn2)c1. The molecule has 13 heteroatoms. The second-order valence-corrected chi connectivity index (χ2v) is 12.7.